The van der Waals surface area contributed by atoms with Crippen molar-refractivity contribution >= 4 is 22.4 Å². The van der Waals surface area contributed by atoms with Crippen molar-refractivity contribution < 1.29 is 24.4 Å². The lowest BCUT2D eigenvalue weighted by atomic mass is 10.2. The normalized spacial score (nSPS) is 10.2. The van der Waals surface area contributed by atoms with Gasteiger partial charge in [-0.3, -0.25) is 0 Å². The fourth-order valence-corrected chi connectivity index (χ4v) is 2.68. The maximum absolute atomic E-state index is 5.86. The number of benzene rings is 2. The van der Waals surface area contributed by atoms with E-state index < -0.39 is 0 Å². The van der Waals surface area contributed by atoms with E-state index in [-0.39, 0.29) is 5.48 Å². The van der Waals surface area contributed by atoms with E-state index >= 15 is 0 Å². The van der Waals surface area contributed by atoms with Crippen LogP contribution in [0.15, 0.2) is 42.7 Å². The fraction of sp³-hybridized carbons (Fsp3) is 0.273. The predicted molar refractivity (Wildman–Crippen MR) is 116 cm³/mol. The Balaban J connectivity index is 0.00000320. The van der Waals surface area contributed by atoms with Crippen molar-refractivity contribution in [3.63, 3.8) is 0 Å². The number of anilines is 2. The molecular formula is C22H25N3O5. The van der Waals surface area contributed by atoms with Gasteiger partial charge in [-0.2, -0.15) is 0 Å². The minimum atomic E-state index is 0. The van der Waals surface area contributed by atoms with Crippen LogP contribution in [-0.4, -0.2) is 56.1 Å². The van der Waals surface area contributed by atoms with E-state index in [1.54, 1.807) is 14.2 Å². The van der Waals surface area contributed by atoms with Gasteiger partial charge in [-0.1, -0.05) is 12.0 Å². The van der Waals surface area contributed by atoms with E-state index in [1.165, 1.54) is 6.33 Å². The van der Waals surface area contributed by atoms with Crippen LogP contribution in [0.2, 0.25) is 0 Å². The van der Waals surface area contributed by atoms with Gasteiger partial charge in [0.15, 0.2) is 11.5 Å². The van der Waals surface area contributed by atoms with Crippen molar-refractivity contribution in [1.29, 1.82) is 0 Å². The van der Waals surface area contributed by atoms with E-state index in [0.29, 0.717) is 43.7 Å². The van der Waals surface area contributed by atoms with Crippen LogP contribution in [0.5, 0.6) is 11.5 Å². The maximum atomic E-state index is 5.86. The van der Waals surface area contributed by atoms with Crippen LogP contribution in [0, 0.1) is 12.3 Å². The molecule has 8 nitrogen and oxygen atoms in total. The molecular weight excluding hydrogens is 386 g/mol. The van der Waals surface area contributed by atoms with Crippen LogP contribution in [0.4, 0.5) is 11.5 Å². The van der Waals surface area contributed by atoms with E-state index in [1.807, 2.05) is 36.4 Å². The monoisotopic (exact) mass is 411 g/mol. The van der Waals surface area contributed by atoms with Crippen LogP contribution in [-0.2, 0) is 9.47 Å². The van der Waals surface area contributed by atoms with Gasteiger partial charge in [0.2, 0.25) is 0 Å². The van der Waals surface area contributed by atoms with Crippen LogP contribution < -0.4 is 14.8 Å². The first-order chi connectivity index (χ1) is 14.2. The highest BCUT2D eigenvalue weighted by atomic mass is 16.5. The van der Waals surface area contributed by atoms with Crippen LogP contribution in [0.3, 0.4) is 0 Å². The van der Waals surface area contributed by atoms with Crippen molar-refractivity contribution in [2.75, 3.05) is 46.0 Å². The van der Waals surface area contributed by atoms with Gasteiger partial charge < -0.3 is 29.7 Å². The molecule has 0 aliphatic carbocycles. The van der Waals surface area contributed by atoms with E-state index in [0.717, 1.165) is 22.2 Å². The first-order valence-electron chi connectivity index (χ1n) is 9.11. The zero-order valence-electron chi connectivity index (χ0n) is 17.0. The molecule has 2 aromatic carbocycles. The van der Waals surface area contributed by atoms with E-state index in [4.69, 9.17) is 25.4 Å². The number of fused-ring (bicyclic) bond motifs is 1. The SMILES string of the molecule is C#Cc1cccc(Nc2ncnc3cc(OCCOC)c(OCCOC)cc23)c1.O. The van der Waals surface area contributed by atoms with Crippen molar-refractivity contribution in [3.05, 3.63) is 48.3 Å². The van der Waals surface area contributed by atoms with Gasteiger partial charge in [0.05, 0.1) is 18.7 Å². The first-order valence-corrected chi connectivity index (χ1v) is 9.11. The molecule has 0 amide bonds. The Morgan fingerprint density at radius 2 is 1.63 bits per heavy atom. The highest BCUT2D eigenvalue weighted by Crippen LogP contribution is 2.35. The highest BCUT2D eigenvalue weighted by Gasteiger charge is 2.13. The number of methoxy groups -OCH3 is 2. The second-order valence-electron chi connectivity index (χ2n) is 6.07. The summed E-state index contributed by atoms with van der Waals surface area (Å²) in [7, 11) is 3.25. The van der Waals surface area contributed by atoms with Gasteiger partial charge in [0.25, 0.3) is 0 Å². The summed E-state index contributed by atoms with van der Waals surface area (Å²) in [5, 5.41) is 4.10. The lowest BCUT2D eigenvalue weighted by Crippen LogP contribution is -2.09. The number of rotatable bonds is 10. The van der Waals surface area contributed by atoms with Crippen LogP contribution in [0.25, 0.3) is 10.9 Å². The number of aromatic nitrogens is 2. The average molecular weight is 411 g/mol. The van der Waals surface area contributed by atoms with Gasteiger partial charge in [-0.05, 0) is 24.3 Å². The van der Waals surface area contributed by atoms with Crippen molar-refractivity contribution in [1.82, 2.24) is 9.97 Å². The fourth-order valence-electron chi connectivity index (χ4n) is 2.68. The Bertz CT molecular complexity index is 1000. The lowest BCUT2D eigenvalue weighted by Gasteiger charge is -2.15. The molecule has 0 bridgehead atoms. The molecule has 0 aliphatic heterocycles. The summed E-state index contributed by atoms with van der Waals surface area (Å²) in [6.07, 6.45) is 6.99. The third-order valence-corrected chi connectivity index (χ3v) is 4.08. The molecule has 0 fully saturated rings. The molecule has 0 atom stereocenters. The summed E-state index contributed by atoms with van der Waals surface area (Å²) in [6, 6.07) is 11.3. The number of ether oxygens (including phenoxy) is 4. The topological polar surface area (TPSA) is 106 Å². The summed E-state index contributed by atoms with van der Waals surface area (Å²) in [6.45, 7) is 1.73. The lowest BCUT2D eigenvalue weighted by molar-refractivity contribution is 0.132. The molecule has 3 rings (SSSR count). The number of terminal acetylenes is 1. The van der Waals surface area contributed by atoms with Gasteiger partial charge in [-0.25, -0.2) is 9.97 Å². The Morgan fingerprint density at radius 1 is 0.933 bits per heavy atom. The summed E-state index contributed by atoms with van der Waals surface area (Å²) >= 11 is 0. The third kappa shape index (κ3) is 5.81. The van der Waals surface area contributed by atoms with Gasteiger partial charge in [0, 0.05) is 36.9 Å². The third-order valence-electron chi connectivity index (χ3n) is 4.08. The van der Waals surface area contributed by atoms with Crippen molar-refractivity contribution in [2.24, 2.45) is 0 Å². The smallest absolute Gasteiger partial charge is 0.163 e. The number of hydrogen-bond donors (Lipinski definition) is 1. The Kier molecular flexibility index (Phi) is 8.84. The standard InChI is InChI=1S/C22H23N3O4.H2O/c1-4-16-6-5-7-17(12-16)25-22-18-13-20(28-10-8-26-2)21(29-11-9-27-3)14-19(18)23-15-24-22;/h1,5-7,12-15H,8-11H2,2-3H3,(H,23,24,25);1H2. The van der Waals surface area contributed by atoms with Crippen molar-refractivity contribution in [2.45, 2.75) is 0 Å². The van der Waals surface area contributed by atoms with Gasteiger partial charge in [-0.15, -0.1) is 6.42 Å². The average Bonchev–Trinajstić information content (AvgIpc) is 2.75. The highest BCUT2D eigenvalue weighted by molar-refractivity contribution is 5.93. The van der Waals surface area contributed by atoms with Gasteiger partial charge in [0.1, 0.15) is 25.4 Å². The molecule has 0 saturated carbocycles. The molecule has 1 aromatic heterocycles. The van der Waals surface area contributed by atoms with E-state index in [9.17, 15) is 0 Å². The summed E-state index contributed by atoms with van der Waals surface area (Å²) in [5.41, 5.74) is 2.34. The Morgan fingerprint density at radius 3 is 2.30 bits per heavy atom. The van der Waals surface area contributed by atoms with Crippen molar-refractivity contribution in [3.8, 4) is 23.8 Å². The number of hydrogen-bond acceptors (Lipinski definition) is 7. The second kappa shape index (κ2) is 11.6. The number of nitrogens with zero attached hydrogens (tertiary/aromatic N) is 2. The molecule has 0 aliphatic rings. The molecule has 1 heterocycles. The maximum Gasteiger partial charge on any atom is 0.163 e. The number of nitrogens with one attached hydrogen (secondary N) is 1. The largest absolute Gasteiger partial charge is 0.487 e. The molecule has 30 heavy (non-hydrogen) atoms. The van der Waals surface area contributed by atoms with Gasteiger partial charge >= 0.3 is 0 Å². The zero-order chi connectivity index (χ0) is 20.5. The zero-order valence-corrected chi connectivity index (χ0v) is 17.0. The summed E-state index contributed by atoms with van der Waals surface area (Å²) < 4.78 is 21.8. The molecule has 0 unspecified atom stereocenters. The van der Waals surface area contributed by atoms with Crippen LogP contribution >= 0.6 is 0 Å². The Hall–Kier alpha value is -3.38. The second-order valence-corrected chi connectivity index (χ2v) is 6.07. The molecule has 0 radical (unpaired) electrons. The summed E-state index contributed by atoms with van der Waals surface area (Å²) in [4.78, 5) is 8.75. The molecule has 3 N–H and O–H groups in total. The predicted octanol–water partition coefficient (Wildman–Crippen LogP) is 2.58. The minimum Gasteiger partial charge on any atom is -0.487 e. The summed E-state index contributed by atoms with van der Waals surface area (Å²) in [5.74, 6) is 4.44. The molecule has 3 aromatic rings. The van der Waals surface area contributed by atoms with E-state index in [2.05, 4.69) is 21.2 Å². The molecule has 158 valence electrons. The quantitative estimate of drug-likeness (QED) is 0.404. The molecule has 8 heteroatoms. The molecule has 0 spiro atoms. The first kappa shape index (κ1) is 22.9. The van der Waals surface area contributed by atoms with Crippen LogP contribution in [0.1, 0.15) is 5.56 Å². The molecule has 0 saturated heterocycles. The Labute approximate surface area is 175 Å². The minimum absolute atomic E-state index is 0.